The average molecular weight is 290 g/mol. The van der Waals surface area contributed by atoms with Crippen molar-refractivity contribution in [1.82, 2.24) is 0 Å². The lowest BCUT2D eigenvalue weighted by Crippen LogP contribution is -2.26. The average Bonchev–Trinajstić information content (AvgIpc) is 3.37. The van der Waals surface area contributed by atoms with E-state index in [1.807, 2.05) is 24.3 Å². The van der Waals surface area contributed by atoms with Gasteiger partial charge in [0, 0.05) is 6.61 Å². The lowest BCUT2D eigenvalue weighted by Gasteiger charge is -2.28. The van der Waals surface area contributed by atoms with Gasteiger partial charge in [0.25, 0.3) is 0 Å². The molecule has 1 aliphatic heterocycles. The van der Waals surface area contributed by atoms with Gasteiger partial charge in [-0.05, 0) is 49.3 Å². The van der Waals surface area contributed by atoms with Gasteiger partial charge in [0.2, 0.25) is 0 Å². The second kappa shape index (κ2) is 6.48. The van der Waals surface area contributed by atoms with Crippen LogP contribution in [0.1, 0.15) is 37.4 Å². The van der Waals surface area contributed by atoms with Gasteiger partial charge in [-0.25, -0.2) is 0 Å². The summed E-state index contributed by atoms with van der Waals surface area (Å²) in [5.41, 5.74) is 1.08. The molecule has 1 saturated heterocycles. The topological polar surface area (TPSA) is 44.8 Å². The van der Waals surface area contributed by atoms with Gasteiger partial charge in [0.15, 0.2) is 0 Å². The van der Waals surface area contributed by atoms with E-state index >= 15 is 0 Å². The fourth-order valence-corrected chi connectivity index (χ4v) is 2.71. The molecule has 1 saturated carbocycles. The molecule has 2 unspecified atom stereocenters. The van der Waals surface area contributed by atoms with E-state index in [1.165, 1.54) is 20.0 Å². The molecule has 0 bridgehead atoms. The Balaban J connectivity index is 1.64. The summed E-state index contributed by atoms with van der Waals surface area (Å²) in [5.74, 6) is 1.43. The Kier molecular flexibility index (Phi) is 4.44. The van der Waals surface area contributed by atoms with Crippen molar-refractivity contribution in [3.05, 3.63) is 29.8 Å². The standard InChI is InChI=1S/C17H22O4/c1-19-17(18)14-7-8-20-16(10-14)13-3-2-4-15(9-13)21-11-12-5-6-12/h2-4,9,12,14,16H,5-8,10-11H2,1H3. The van der Waals surface area contributed by atoms with Gasteiger partial charge in [0.05, 0.1) is 25.7 Å². The van der Waals surface area contributed by atoms with E-state index in [0.29, 0.717) is 13.0 Å². The lowest BCUT2D eigenvalue weighted by atomic mass is 9.92. The Morgan fingerprint density at radius 2 is 2.19 bits per heavy atom. The molecule has 0 N–H and O–H groups in total. The van der Waals surface area contributed by atoms with Crippen LogP contribution in [0.3, 0.4) is 0 Å². The largest absolute Gasteiger partial charge is 0.493 e. The van der Waals surface area contributed by atoms with Crippen molar-refractivity contribution < 1.29 is 19.0 Å². The quantitative estimate of drug-likeness (QED) is 0.782. The molecule has 2 atom stereocenters. The van der Waals surface area contributed by atoms with Gasteiger partial charge in [-0.1, -0.05) is 12.1 Å². The predicted octanol–water partition coefficient (Wildman–Crippen LogP) is 3.12. The second-order valence-electron chi connectivity index (χ2n) is 5.93. The Bertz CT molecular complexity index is 495. The monoisotopic (exact) mass is 290 g/mol. The normalized spacial score (nSPS) is 25.4. The Labute approximate surface area is 125 Å². The zero-order chi connectivity index (χ0) is 14.7. The maximum absolute atomic E-state index is 11.7. The first-order valence-corrected chi connectivity index (χ1v) is 7.68. The van der Waals surface area contributed by atoms with Gasteiger partial charge in [-0.2, -0.15) is 0 Å². The van der Waals surface area contributed by atoms with Gasteiger partial charge in [-0.15, -0.1) is 0 Å². The number of benzene rings is 1. The van der Waals surface area contributed by atoms with Crippen LogP contribution in [0.15, 0.2) is 24.3 Å². The van der Waals surface area contributed by atoms with Crippen molar-refractivity contribution in [2.45, 2.75) is 31.8 Å². The number of carbonyl (C=O) groups excluding carboxylic acids is 1. The molecule has 0 aromatic heterocycles. The molecule has 21 heavy (non-hydrogen) atoms. The van der Waals surface area contributed by atoms with Gasteiger partial charge >= 0.3 is 5.97 Å². The van der Waals surface area contributed by atoms with E-state index in [-0.39, 0.29) is 18.0 Å². The predicted molar refractivity (Wildman–Crippen MR) is 78.1 cm³/mol. The molecular formula is C17H22O4. The first-order chi connectivity index (χ1) is 10.3. The fraction of sp³-hybridized carbons (Fsp3) is 0.588. The second-order valence-corrected chi connectivity index (χ2v) is 5.93. The van der Waals surface area contributed by atoms with Crippen molar-refractivity contribution in [3.8, 4) is 5.75 Å². The number of hydrogen-bond acceptors (Lipinski definition) is 4. The van der Waals surface area contributed by atoms with Crippen LogP contribution >= 0.6 is 0 Å². The van der Waals surface area contributed by atoms with Crippen LogP contribution < -0.4 is 4.74 Å². The number of hydrogen-bond donors (Lipinski definition) is 0. The minimum absolute atomic E-state index is 0.0488. The highest BCUT2D eigenvalue weighted by atomic mass is 16.5. The van der Waals surface area contributed by atoms with Crippen molar-refractivity contribution in [1.29, 1.82) is 0 Å². The molecule has 114 valence electrons. The number of carbonyl (C=O) groups is 1. The Morgan fingerprint density at radius 1 is 1.33 bits per heavy atom. The highest BCUT2D eigenvalue weighted by Gasteiger charge is 2.29. The number of rotatable bonds is 5. The molecule has 0 radical (unpaired) electrons. The van der Waals surface area contributed by atoms with E-state index in [0.717, 1.165) is 30.3 Å². The SMILES string of the molecule is COC(=O)C1CCOC(c2cccc(OCC3CC3)c2)C1. The summed E-state index contributed by atoms with van der Waals surface area (Å²) < 4.78 is 16.5. The molecular weight excluding hydrogens is 268 g/mol. The Morgan fingerprint density at radius 3 is 2.95 bits per heavy atom. The highest BCUT2D eigenvalue weighted by molar-refractivity contribution is 5.72. The summed E-state index contributed by atoms with van der Waals surface area (Å²) in [4.78, 5) is 11.7. The maximum Gasteiger partial charge on any atom is 0.308 e. The smallest absolute Gasteiger partial charge is 0.308 e. The third kappa shape index (κ3) is 3.76. The van der Waals surface area contributed by atoms with E-state index in [4.69, 9.17) is 14.2 Å². The fourth-order valence-electron chi connectivity index (χ4n) is 2.71. The number of methoxy groups -OCH3 is 1. The van der Waals surface area contributed by atoms with Crippen LogP contribution in [0.5, 0.6) is 5.75 Å². The first-order valence-electron chi connectivity index (χ1n) is 7.68. The van der Waals surface area contributed by atoms with Crippen molar-refractivity contribution in [2.24, 2.45) is 11.8 Å². The molecule has 1 heterocycles. The molecule has 0 spiro atoms. The summed E-state index contributed by atoms with van der Waals surface area (Å²) in [6.07, 6.45) is 3.94. The van der Waals surface area contributed by atoms with Crippen molar-refractivity contribution in [2.75, 3.05) is 20.3 Å². The maximum atomic E-state index is 11.7. The van der Waals surface area contributed by atoms with Gasteiger partial charge in [0.1, 0.15) is 5.75 Å². The number of esters is 1. The summed E-state index contributed by atoms with van der Waals surface area (Å²) in [6.45, 7) is 1.40. The van der Waals surface area contributed by atoms with Crippen LogP contribution in [0.2, 0.25) is 0 Å². The highest BCUT2D eigenvalue weighted by Crippen LogP contribution is 2.34. The molecule has 1 aromatic rings. The minimum atomic E-state index is -0.135. The van der Waals surface area contributed by atoms with E-state index in [1.54, 1.807) is 0 Å². The summed E-state index contributed by atoms with van der Waals surface area (Å²) in [5, 5.41) is 0. The van der Waals surface area contributed by atoms with Crippen LogP contribution in [-0.2, 0) is 14.3 Å². The molecule has 1 aromatic carbocycles. The van der Waals surface area contributed by atoms with E-state index in [9.17, 15) is 4.79 Å². The number of ether oxygens (including phenoxy) is 3. The zero-order valence-corrected chi connectivity index (χ0v) is 12.4. The Hall–Kier alpha value is -1.55. The first kappa shape index (κ1) is 14.4. The van der Waals surface area contributed by atoms with Crippen LogP contribution in [0.25, 0.3) is 0 Å². The van der Waals surface area contributed by atoms with E-state index in [2.05, 4.69) is 0 Å². The minimum Gasteiger partial charge on any atom is -0.493 e. The van der Waals surface area contributed by atoms with Gasteiger partial charge in [-0.3, -0.25) is 4.79 Å². The summed E-state index contributed by atoms with van der Waals surface area (Å²) in [6, 6.07) is 8.04. The van der Waals surface area contributed by atoms with Crippen molar-refractivity contribution in [3.63, 3.8) is 0 Å². The lowest BCUT2D eigenvalue weighted by molar-refractivity contribution is -0.150. The third-order valence-electron chi connectivity index (χ3n) is 4.23. The summed E-state index contributed by atoms with van der Waals surface area (Å²) in [7, 11) is 1.44. The zero-order valence-electron chi connectivity index (χ0n) is 12.4. The third-order valence-corrected chi connectivity index (χ3v) is 4.23. The molecule has 4 heteroatoms. The molecule has 4 nitrogen and oxygen atoms in total. The molecule has 1 aliphatic carbocycles. The molecule has 3 rings (SSSR count). The van der Waals surface area contributed by atoms with Crippen LogP contribution in [0, 0.1) is 11.8 Å². The van der Waals surface area contributed by atoms with Crippen molar-refractivity contribution >= 4 is 5.97 Å². The van der Waals surface area contributed by atoms with E-state index < -0.39 is 0 Å². The molecule has 2 fully saturated rings. The molecule has 2 aliphatic rings. The van der Waals surface area contributed by atoms with Crippen LogP contribution in [-0.4, -0.2) is 26.3 Å². The summed E-state index contributed by atoms with van der Waals surface area (Å²) >= 11 is 0. The molecule has 0 amide bonds. The van der Waals surface area contributed by atoms with Crippen LogP contribution in [0.4, 0.5) is 0 Å². The van der Waals surface area contributed by atoms with Gasteiger partial charge < -0.3 is 14.2 Å².